The maximum Gasteiger partial charge on any atom is 0.328 e. The predicted octanol–water partition coefficient (Wildman–Crippen LogP) is -0.213. The van der Waals surface area contributed by atoms with Crippen molar-refractivity contribution in [3.8, 4) is 0 Å². The van der Waals surface area contributed by atoms with Crippen LogP contribution in [-0.4, -0.2) is 41.7 Å². The van der Waals surface area contributed by atoms with E-state index in [-0.39, 0.29) is 12.1 Å². The van der Waals surface area contributed by atoms with Crippen LogP contribution in [0.25, 0.3) is 0 Å². The molecule has 0 fully saturated rings. The molecule has 0 aliphatic carbocycles. The average Bonchev–Trinajstić information content (AvgIpc) is 2.46. The van der Waals surface area contributed by atoms with Crippen LogP contribution < -0.4 is 5.32 Å². The Morgan fingerprint density at radius 3 is 2.45 bits per heavy atom. The molecule has 0 aliphatic rings. The fourth-order valence-electron chi connectivity index (χ4n) is 1.56. The summed E-state index contributed by atoms with van der Waals surface area (Å²) in [5.41, 5.74) is 0.548. The number of hydrogen-bond donors (Lipinski definition) is 2. The molecule has 0 aromatic heterocycles. The van der Waals surface area contributed by atoms with Gasteiger partial charge in [0.2, 0.25) is 5.91 Å². The predicted molar refractivity (Wildman–Crippen MR) is 67.8 cm³/mol. The van der Waals surface area contributed by atoms with Gasteiger partial charge in [0.1, 0.15) is 12.6 Å². The smallest absolute Gasteiger partial charge is 0.328 e. The highest BCUT2D eigenvalue weighted by atomic mass is 16.6. The van der Waals surface area contributed by atoms with E-state index >= 15 is 0 Å². The number of aliphatic hydroxyl groups is 1. The number of non-ortho nitro benzene ring substituents is 1. The maximum absolute atomic E-state index is 11.5. The quantitative estimate of drug-likeness (QED) is 0.423. The molecule has 0 saturated heterocycles. The number of ether oxygens (including phenoxy) is 1. The van der Waals surface area contributed by atoms with Crippen LogP contribution in [-0.2, 0) is 20.7 Å². The number of carbonyl (C=O) groups is 2. The maximum atomic E-state index is 11.5. The Labute approximate surface area is 114 Å². The monoisotopic (exact) mass is 282 g/mol. The van der Waals surface area contributed by atoms with Crippen molar-refractivity contribution in [1.82, 2.24) is 5.32 Å². The second kappa shape index (κ2) is 7.19. The minimum absolute atomic E-state index is 0.0669. The topological polar surface area (TPSA) is 119 Å². The number of hydrogen-bond acceptors (Lipinski definition) is 6. The van der Waals surface area contributed by atoms with Crippen LogP contribution in [0.2, 0.25) is 0 Å². The fraction of sp³-hybridized carbons (Fsp3) is 0.333. The highest BCUT2D eigenvalue weighted by Gasteiger charge is 2.21. The molecule has 1 amide bonds. The lowest BCUT2D eigenvalue weighted by molar-refractivity contribution is -0.384. The van der Waals surface area contributed by atoms with Crippen molar-refractivity contribution in [2.24, 2.45) is 0 Å². The van der Waals surface area contributed by atoms with E-state index in [1.165, 1.54) is 31.4 Å². The van der Waals surface area contributed by atoms with Crippen molar-refractivity contribution in [3.63, 3.8) is 0 Å². The molecule has 0 spiro atoms. The van der Waals surface area contributed by atoms with Crippen LogP contribution >= 0.6 is 0 Å². The Hall–Kier alpha value is -2.48. The summed E-state index contributed by atoms with van der Waals surface area (Å²) in [4.78, 5) is 32.6. The Balaban J connectivity index is 2.80. The van der Waals surface area contributed by atoms with E-state index in [2.05, 4.69) is 10.1 Å². The second-order valence-corrected chi connectivity index (χ2v) is 3.93. The van der Waals surface area contributed by atoms with Gasteiger partial charge in [0.05, 0.1) is 12.0 Å². The number of nitro benzene ring substituents is 1. The summed E-state index contributed by atoms with van der Waals surface area (Å²) in [6, 6.07) is 4.62. The highest BCUT2D eigenvalue weighted by Crippen LogP contribution is 2.13. The summed E-state index contributed by atoms with van der Waals surface area (Å²) in [7, 11) is 1.18. The Kier molecular flexibility index (Phi) is 5.60. The van der Waals surface area contributed by atoms with Crippen molar-refractivity contribution in [3.05, 3.63) is 39.9 Å². The molecule has 8 nitrogen and oxygen atoms in total. The van der Waals surface area contributed by atoms with Crippen LogP contribution in [0.5, 0.6) is 0 Å². The minimum Gasteiger partial charge on any atom is -0.467 e. The van der Waals surface area contributed by atoms with Crippen LogP contribution in [0.4, 0.5) is 5.69 Å². The molecule has 1 rings (SSSR count). The van der Waals surface area contributed by atoms with Gasteiger partial charge in [-0.05, 0) is 5.56 Å². The molecule has 1 aromatic rings. The number of methoxy groups -OCH3 is 1. The largest absolute Gasteiger partial charge is 0.467 e. The average molecular weight is 282 g/mol. The number of esters is 1. The third-order valence-electron chi connectivity index (χ3n) is 2.55. The van der Waals surface area contributed by atoms with Crippen LogP contribution in [0.1, 0.15) is 5.56 Å². The van der Waals surface area contributed by atoms with Gasteiger partial charge in [0.15, 0.2) is 0 Å². The molecule has 108 valence electrons. The molecule has 2 N–H and O–H groups in total. The molecule has 0 saturated carbocycles. The molecule has 8 heteroatoms. The molecule has 0 heterocycles. The lowest BCUT2D eigenvalue weighted by Crippen LogP contribution is -2.44. The number of nitrogens with zero attached hydrogens (tertiary/aromatic N) is 1. The third-order valence-corrected chi connectivity index (χ3v) is 2.55. The molecular formula is C12H14N2O6. The number of benzene rings is 1. The van der Waals surface area contributed by atoms with Crippen LogP contribution in [0.3, 0.4) is 0 Å². The molecule has 1 atom stereocenters. The van der Waals surface area contributed by atoms with Gasteiger partial charge in [0, 0.05) is 18.6 Å². The number of carbonyl (C=O) groups excluding carboxylic acids is 2. The fourth-order valence-corrected chi connectivity index (χ4v) is 1.56. The van der Waals surface area contributed by atoms with E-state index in [0.717, 1.165) is 0 Å². The Morgan fingerprint density at radius 1 is 1.40 bits per heavy atom. The molecule has 0 aliphatic heterocycles. The highest BCUT2D eigenvalue weighted by molar-refractivity contribution is 5.85. The summed E-state index contributed by atoms with van der Waals surface area (Å²) in [6.45, 7) is -0.742. The number of rotatable bonds is 6. The van der Waals surface area contributed by atoms with Crippen molar-refractivity contribution in [1.29, 1.82) is 0 Å². The minimum atomic E-state index is -0.957. The lowest BCUT2D eigenvalue weighted by Gasteiger charge is -2.15. The van der Waals surface area contributed by atoms with Crippen molar-refractivity contribution in [2.75, 3.05) is 13.7 Å². The van der Waals surface area contributed by atoms with E-state index in [0.29, 0.717) is 5.56 Å². The van der Waals surface area contributed by atoms with E-state index in [1.807, 2.05) is 0 Å². The van der Waals surface area contributed by atoms with Gasteiger partial charge in [-0.2, -0.15) is 0 Å². The van der Waals surface area contributed by atoms with E-state index in [1.54, 1.807) is 0 Å². The summed E-state index contributed by atoms with van der Waals surface area (Å²) in [5, 5.41) is 21.5. The van der Waals surface area contributed by atoms with Gasteiger partial charge in [-0.15, -0.1) is 0 Å². The van der Waals surface area contributed by atoms with E-state index < -0.39 is 29.4 Å². The zero-order valence-corrected chi connectivity index (χ0v) is 10.7. The zero-order valence-electron chi connectivity index (χ0n) is 10.7. The first-order valence-electron chi connectivity index (χ1n) is 5.69. The van der Waals surface area contributed by atoms with Gasteiger partial charge < -0.3 is 15.2 Å². The first-order valence-corrected chi connectivity index (χ1v) is 5.69. The summed E-state index contributed by atoms with van der Waals surface area (Å²) in [6.07, 6.45) is 0.108. The zero-order chi connectivity index (χ0) is 15.1. The van der Waals surface area contributed by atoms with Crippen molar-refractivity contribution < 1.29 is 24.4 Å². The van der Waals surface area contributed by atoms with Gasteiger partial charge in [-0.1, -0.05) is 12.1 Å². The van der Waals surface area contributed by atoms with Crippen molar-refractivity contribution in [2.45, 2.75) is 12.5 Å². The normalized spacial score (nSPS) is 11.5. The number of nitrogens with one attached hydrogen (secondary N) is 1. The number of amides is 1. The molecule has 20 heavy (non-hydrogen) atoms. The standard InChI is InChI=1S/C12H14N2O6/c1-20-12(17)10(13-11(16)7-15)6-8-2-4-9(5-3-8)14(18)19/h2-5,10,15H,6-7H2,1H3,(H,13,16)/t10-/m0/s1. The van der Waals surface area contributed by atoms with Crippen molar-refractivity contribution >= 4 is 17.6 Å². The summed E-state index contributed by atoms with van der Waals surface area (Å²) in [5.74, 6) is -1.37. The lowest BCUT2D eigenvalue weighted by atomic mass is 10.1. The van der Waals surface area contributed by atoms with Crippen LogP contribution in [0, 0.1) is 10.1 Å². The molecule has 1 aromatic carbocycles. The molecular weight excluding hydrogens is 268 g/mol. The van der Waals surface area contributed by atoms with Gasteiger partial charge in [-0.25, -0.2) is 4.79 Å². The van der Waals surface area contributed by atoms with Gasteiger partial charge in [0.25, 0.3) is 5.69 Å². The van der Waals surface area contributed by atoms with E-state index in [9.17, 15) is 19.7 Å². The van der Waals surface area contributed by atoms with E-state index in [4.69, 9.17) is 5.11 Å². The Bertz CT molecular complexity index is 499. The third kappa shape index (κ3) is 4.32. The van der Waals surface area contributed by atoms with Crippen LogP contribution in [0.15, 0.2) is 24.3 Å². The summed E-state index contributed by atoms with van der Waals surface area (Å²) < 4.78 is 4.55. The SMILES string of the molecule is COC(=O)[C@H](Cc1ccc([N+](=O)[O-])cc1)NC(=O)CO. The van der Waals surface area contributed by atoms with Gasteiger partial charge in [-0.3, -0.25) is 14.9 Å². The number of nitro groups is 1. The molecule has 0 bridgehead atoms. The first kappa shape index (κ1) is 15.6. The van der Waals surface area contributed by atoms with Gasteiger partial charge >= 0.3 is 5.97 Å². The molecule has 0 radical (unpaired) electrons. The Morgan fingerprint density at radius 2 is 2.00 bits per heavy atom. The molecule has 0 unspecified atom stereocenters. The number of aliphatic hydroxyl groups excluding tert-OH is 1. The summed E-state index contributed by atoms with van der Waals surface area (Å²) >= 11 is 0. The first-order chi connectivity index (χ1) is 9.47. The second-order valence-electron chi connectivity index (χ2n) is 3.93.